The van der Waals surface area contributed by atoms with E-state index in [2.05, 4.69) is 4.90 Å². The summed E-state index contributed by atoms with van der Waals surface area (Å²) in [4.78, 5) is 33.8. The van der Waals surface area contributed by atoms with Crippen molar-refractivity contribution < 1.29 is 41.4 Å². The number of nitrogens with zero attached hydrogens (tertiary/aromatic N) is 3. The second-order valence-electron chi connectivity index (χ2n) is 11.4. The number of hydrogen-bond donors (Lipinski definition) is 0. The molecule has 9 nitrogen and oxygen atoms in total. The molecule has 46 heavy (non-hydrogen) atoms. The first kappa shape index (κ1) is 31.0. The third kappa shape index (κ3) is 5.86. The van der Waals surface area contributed by atoms with E-state index in [1.54, 1.807) is 45.2 Å². The van der Waals surface area contributed by atoms with Crippen molar-refractivity contribution in [3.05, 3.63) is 88.8 Å². The number of benzene rings is 2. The predicted molar refractivity (Wildman–Crippen MR) is 163 cm³/mol. The SMILES string of the molecule is COC(=O)c1ccc(-c2ccc(OC)c(-c3ccc(N4CCC4)nc3CN3C(=O)O[C@H](c4cc(C)cc(C(F)(F)F)c4)[C@@H]3C)c2)o1. The van der Waals surface area contributed by atoms with E-state index in [1.165, 1.54) is 18.1 Å². The highest BCUT2D eigenvalue weighted by atomic mass is 19.4. The molecule has 0 saturated carbocycles. The molecule has 240 valence electrons. The average Bonchev–Trinajstić information content (AvgIpc) is 3.60. The minimum absolute atomic E-state index is 0.0338. The molecule has 1 amide bonds. The van der Waals surface area contributed by atoms with Gasteiger partial charge in [-0.05, 0) is 80.4 Å². The van der Waals surface area contributed by atoms with E-state index in [0.717, 1.165) is 37.5 Å². The van der Waals surface area contributed by atoms with Crippen molar-refractivity contribution in [1.82, 2.24) is 9.88 Å². The molecular formula is C34H32F3N3O6. The fourth-order valence-electron chi connectivity index (χ4n) is 5.81. The van der Waals surface area contributed by atoms with Gasteiger partial charge >= 0.3 is 18.2 Å². The Hall–Kier alpha value is -5.00. The van der Waals surface area contributed by atoms with Crippen LogP contribution in [-0.2, 0) is 22.2 Å². The molecule has 0 unspecified atom stereocenters. The van der Waals surface area contributed by atoms with Crippen LogP contribution in [0.2, 0.25) is 0 Å². The molecule has 0 spiro atoms. The Morgan fingerprint density at radius 1 is 1.02 bits per heavy atom. The van der Waals surface area contributed by atoms with E-state index in [4.69, 9.17) is 23.6 Å². The number of rotatable bonds is 8. The summed E-state index contributed by atoms with van der Waals surface area (Å²) < 4.78 is 62.7. The highest BCUT2D eigenvalue weighted by Crippen LogP contribution is 2.41. The topological polar surface area (TPSA) is 94.3 Å². The minimum atomic E-state index is -4.54. The van der Waals surface area contributed by atoms with Gasteiger partial charge in [-0.25, -0.2) is 14.6 Å². The summed E-state index contributed by atoms with van der Waals surface area (Å²) in [5, 5.41) is 0. The molecule has 2 aliphatic rings. The monoisotopic (exact) mass is 635 g/mol. The quantitative estimate of drug-likeness (QED) is 0.185. The van der Waals surface area contributed by atoms with Gasteiger partial charge in [0, 0.05) is 29.8 Å². The zero-order valence-corrected chi connectivity index (χ0v) is 25.7. The van der Waals surface area contributed by atoms with Gasteiger partial charge in [0.1, 0.15) is 23.4 Å². The summed E-state index contributed by atoms with van der Waals surface area (Å²) in [6.07, 6.45) is -5.05. The van der Waals surface area contributed by atoms with Crippen LogP contribution in [0.3, 0.4) is 0 Å². The molecular weight excluding hydrogens is 603 g/mol. The molecule has 0 bridgehead atoms. The number of aryl methyl sites for hydroxylation is 1. The van der Waals surface area contributed by atoms with Crippen LogP contribution < -0.4 is 9.64 Å². The first-order valence-corrected chi connectivity index (χ1v) is 14.7. The molecule has 2 fully saturated rings. The molecule has 4 aromatic rings. The van der Waals surface area contributed by atoms with E-state index in [0.29, 0.717) is 39.5 Å². The summed E-state index contributed by atoms with van der Waals surface area (Å²) in [5.41, 5.74) is 2.46. The zero-order chi connectivity index (χ0) is 32.7. The number of alkyl halides is 3. The average molecular weight is 636 g/mol. The first-order valence-electron chi connectivity index (χ1n) is 14.7. The van der Waals surface area contributed by atoms with E-state index in [-0.39, 0.29) is 17.9 Å². The van der Waals surface area contributed by atoms with Crippen molar-refractivity contribution in [1.29, 1.82) is 0 Å². The maximum absolute atomic E-state index is 13.6. The lowest BCUT2D eigenvalue weighted by molar-refractivity contribution is -0.137. The Labute approximate surface area is 263 Å². The van der Waals surface area contributed by atoms with Crippen LogP contribution in [0.5, 0.6) is 5.75 Å². The lowest BCUT2D eigenvalue weighted by Gasteiger charge is -2.33. The highest BCUT2D eigenvalue weighted by Gasteiger charge is 2.41. The number of ether oxygens (including phenoxy) is 3. The van der Waals surface area contributed by atoms with Crippen molar-refractivity contribution in [2.45, 2.75) is 45.1 Å². The van der Waals surface area contributed by atoms with Gasteiger partial charge in [-0.3, -0.25) is 4.90 Å². The molecule has 0 N–H and O–H groups in total. The number of hydrogen-bond acceptors (Lipinski definition) is 8. The summed E-state index contributed by atoms with van der Waals surface area (Å²) in [6.45, 7) is 5.07. The molecule has 4 heterocycles. The molecule has 2 atom stereocenters. The van der Waals surface area contributed by atoms with Crippen molar-refractivity contribution in [3.63, 3.8) is 0 Å². The molecule has 2 aromatic carbocycles. The molecule has 0 aliphatic carbocycles. The van der Waals surface area contributed by atoms with Crippen molar-refractivity contribution >= 4 is 17.9 Å². The number of esters is 1. The fourth-order valence-corrected chi connectivity index (χ4v) is 5.81. The van der Waals surface area contributed by atoms with Crippen molar-refractivity contribution in [2.24, 2.45) is 0 Å². The molecule has 12 heteroatoms. The van der Waals surface area contributed by atoms with Crippen LogP contribution in [0.15, 0.2) is 65.1 Å². The third-order valence-corrected chi connectivity index (χ3v) is 8.37. The molecule has 2 aliphatic heterocycles. The zero-order valence-electron chi connectivity index (χ0n) is 25.7. The number of pyridine rings is 1. The highest BCUT2D eigenvalue weighted by molar-refractivity contribution is 5.87. The van der Waals surface area contributed by atoms with Gasteiger partial charge < -0.3 is 23.5 Å². The van der Waals surface area contributed by atoms with Crippen LogP contribution in [0.1, 0.15) is 52.4 Å². The van der Waals surface area contributed by atoms with E-state index >= 15 is 0 Å². The molecule has 2 saturated heterocycles. The number of methoxy groups -OCH3 is 2. The maximum Gasteiger partial charge on any atom is 0.416 e. The van der Waals surface area contributed by atoms with Crippen molar-refractivity contribution in [3.8, 4) is 28.2 Å². The lowest BCUT2D eigenvalue weighted by atomic mass is 9.97. The van der Waals surface area contributed by atoms with Crippen LogP contribution >= 0.6 is 0 Å². The van der Waals surface area contributed by atoms with Crippen molar-refractivity contribution in [2.75, 3.05) is 32.2 Å². The third-order valence-electron chi connectivity index (χ3n) is 8.37. The molecule has 0 radical (unpaired) electrons. The van der Waals surface area contributed by atoms with Crippen LogP contribution in [0, 0.1) is 6.92 Å². The summed E-state index contributed by atoms with van der Waals surface area (Å²) in [6, 6.07) is 15.6. The number of carbonyl (C=O) groups excluding carboxylic acids is 2. The normalized spacial score (nSPS) is 17.9. The van der Waals surface area contributed by atoms with Gasteiger partial charge in [-0.1, -0.05) is 11.6 Å². The Kier molecular flexibility index (Phi) is 8.13. The van der Waals surface area contributed by atoms with Gasteiger partial charge in [-0.15, -0.1) is 0 Å². The molecule has 6 rings (SSSR count). The van der Waals surface area contributed by atoms with Gasteiger partial charge in [0.15, 0.2) is 0 Å². The van der Waals surface area contributed by atoms with Gasteiger partial charge in [-0.2, -0.15) is 13.2 Å². The predicted octanol–water partition coefficient (Wildman–Crippen LogP) is 7.42. The summed E-state index contributed by atoms with van der Waals surface area (Å²) in [5.74, 6) is 1.19. The van der Waals surface area contributed by atoms with Crippen LogP contribution in [0.25, 0.3) is 22.5 Å². The Morgan fingerprint density at radius 2 is 1.80 bits per heavy atom. The van der Waals surface area contributed by atoms with E-state index in [9.17, 15) is 22.8 Å². The second kappa shape index (κ2) is 12.1. The molecule has 2 aromatic heterocycles. The van der Waals surface area contributed by atoms with E-state index < -0.39 is 35.9 Å². The lowest BCUT2D eigenvalue weighted by Crippen LogP contribution is -2.38. The summed E-state index contributed by atoms with van der Waals surface area (Å²) >= 11 is 0. The standard InChI is InChI=1S/C34H32F3N3O6/c1-19-14-22(16-23(15-19)34(35,36)37)31-20(2)40(33(42)46-31)18-26-24(7-11-30(38-26)39-12-5-13-39)25-17-21(6-8-28(25)43-3)27-9-10-29(45-27)32(41)44-4/h6-11,14-17,20,31H,5,12-13,18H2,1-4H3/t20-,31-/m0/s1. The smallest absolute Gasteiger partial charge is 0.416 e. The number of furan rings is 1. The largest absolute Gasteiger partial charge is 0.496 e. The van der Waals surface area contributed by atoms with Crippen LogP contribution in [0.4, 0.5) is 23.8 Å². The number of cyclic esters (lactones) is 1. The number of anilines is 1. The summed E-state index contributed by atoms with van der Waals surface area (Å²) in [7, 11) is 2.82. The maximum atomic E-state index is 13.6. The Bertz CT molecular complexity index is 1800. The number of aromatic nitrogens is 1. The van der Waals surface area contributed by atoms with Gasteiger partial charge in [0.2, 0.25) is 5.76 Å². The number of halogens is 3. The van der Waals surface area contributed by atoms with Crippen LogP contribution in [-0.4, -0.2) is 55.3 Å². The minimum Gasteiger partial charge on any atom is -0.496 e. The number of amides is 1. The fraction of sp³-hybridized carbons (Fsp3) is 0.324. The Balaban J connectivity index is 1.38. The number of carbonyl (C=O) groups is 2. The Morgan fingerprint density at radius 3 is 2.48 bits per heavy atom. The second-order valence-corrected chi connectivity index (χ2v) is 11.4. The van der Waals surface area contributed by atoms with E-state index in [1.807, 2.05) is 18.2 Å². The van der Waals surface area contributed by atoms with Gasteiger partial charge in [0.25, 0.3) is 0 Å². The first-order chi connectivity index (χ1) is 22.0. The van der Waals surface area contributed by atoms with Gasteiger partial charge in [0.05, 0.1) is 38.1 Å².